The predicted octanol–water partition coefficient (Wildman–Crippen LogP) is 0.923. The second-order valence-corrected chi connectivity index (χ2v) is 9.74. The number of aryl methyl sites for hydroxylation is 2. The molecule has 2 aromatic carbocycles. The second kappa shape index (κ2) is 31.4. The number of hydrogen-bond donors (Lipinski definition) is 5. The zero-order valence-electron chi connectivity index (χ0n) is 25.0. The Morgan fingerprint density at radius 3 is 1.07 bits per heavy atom. The van der Waals surface area contributed by atoms with Gasteiger partial charge in [0.25, 0.3) is 0 Å². The van der Waals surface area contributed by atoms with Gasteiger partial charge in [0, 0.05) is 19.7 Å². The Hall–Kier alpha value is -3.50. The minimum atomic E-state index is -3.11. The number of piperidine rings is 2. The lowest BCUT2D eigenvalue weighted by Gasteiger charge is -2.18. The Bertz CT molecular complexity index is 1060. The number of carbonyl (C=O) groups excluding carboxylic acids is 2. The maximum absolute atomic E-state index is 10.5. The van der Waals surface area contributed by atoms with E-state index in [0.29, 0.717) is 0 Å². The smallest absolute Gasteiger partial charge is 0.397 e. The molecule has 2 amide bonds. The van der Waals surface area contributed by atoms with Gasteiger partial charge in [-0.2, -0.15) is 0 Å². The van der Waals surface area contributed by atoms with Gasteiger partial charge < -0.3 is 27.2 Å². The van der Waals surface area contributed by atoms with E-state index in [9.17, 15) is 9.59 Å². The average molecular weight is 647 g/mol. The van der Waals surface area contributed by atoms with Crippen LogP contribution in [0.5, 0.6) is 0 Å². The molecule has 0 radical (unpaired) electrons. The van der Waals surface area contributed by atoms with Gasteiger partial charge in [0.05, 0.1) is 11.8 Å². The van der Waals surface area contributed by atoms with Crippen LogP contribution < -0.4 is 22.1 Å². The van der Waals surface area contributed by atoms with Crippen molar-refractivity contribution in [2.24, 2.45) is 23.3 Å². The molecule has 2 fully saturated rings. The summed E-state index contributed by atoms with van der Waals surface area (Å²) in [6.45, 7) is 9.71. The molecule has 43 heavy (non-hydrogen) atoms. The van der Waals surface area contributed by atoms with Gasteiger partial charge in [-0.3, -0.25) is 9.59 Å². The van der Waals surface area contributed by atoms with Gasteiger partial charge in [-0.25, -0.2) is 0 Å². The molecule has 0 saturated carbocycles. The summed E-state index contributed by atoms with van der Waals surface area (Å²) in [5.41, 5.74) is 12.8. The fourth-order valence-electron chi connectivity index (χ4n) is 3.26. The largest absolute Gasteiger partial charge is 0.425 e. The number of nitrogens with two attached hydrogens (primary N) is 2. The normalized spacial score (nSPS) is 16.0. The summed E-state index contributed by atoms with van der Waals surface area (Å²) in [7, 11) is -6.22. The zero-order valence-corrected chi connectivity index (χ0v) is 26.6. The first-order valence-corrected chi connectivity index (χ1v) is 15.5. The molecule has 0 aromatic heterocycles. The molecule has 2 atom stereocenters. The third kappa shape index (κ3) is 38.5. The van der Waals surface area contributed by atoms with Crippen LogP contribution in [0.1, 0.15) is 43.7 Å². The van der Waals surface area contributed by atoms with Gasteiger partial charge in [0.2, 0.25) is 11.8 Å². The lowest BCUT2D eigenvalue weighted by Crippen LogP contribution is -2.37. The van der Waals surface area contributed by atoms with Crippen molar-refractivity contribution in [2.75, 3.05) is 32.8 Å². The molecule has 13 nitrogen and oxygen atoms in total. The lowest BCUT2D eigenvalue weighted by molar-refractivity contribution is -0.123. The summed E-state index contributed by atoms with van der Waals surface area (Å²) < 4.78 is 50.7. The van der Waals surface area contributed by atoms with Gasteiger partial charge in [0.15, 0.2) is 0 Å². The van der Waals surface area contributed by atoms with E-state index in [1.54, 1.807) is 6.92 Å². The third-order valence-corrected chi connectivity index (χ3v) is 5.28. The summed E-state index contributed by atoms with van der Waals surface area (Å²) >= 11 is 0. The Morgan fingerprint density at radius 1 is 0.698 bits per heavy atom. The molecule has 0 aliphatic carbocycles. The van der Waals surface area contributed by atoms with Crippen molar-refractivity contribution in [1.82, 2.24) is 10.6 Å². The second-order valence-electron chi connectivity index (χ2n) is 8.93. The molecule has 2 saturated heterocycles. The van der Waals surface area contributed by atoms with Crippen LogP contribution in [0.15, 0.2) is 60.7 Å². The SMILES string of the molecule is CCO.Cc1ccccc1.Cc1ccccc1.NC(=O)[C@@H]1CCCNC1.NC(=O)[C@@H]1CCCNC1.O=S(=O)=O.O=S(=O)=O. The van der Waals surface area contributed by atoms with Crippen molar-refractivity contribution in [3.8, 4) is 0 Å². The fourth-order valence-corrected chi connectivity index (χ4v) is 3.26. The maximum atomic E-state index is 10.5. The number of nitrogens with one attached hydrogen (secondary N) is 2. The molecule has 2 aromatic rings. The van der Waals surface area contributed by atoms with Crippen LogP contribution in [0.25, 0.3) is 0 Å². The molecular formula is C28H46N4O9S2. The van der Waals surface area contributed by atoms with Crippen LogP contribution in [0.3, 0.4) is 0 Å². The van der Waals surface area contributed by atoms with Crippen molar-refractivity contribution in [3.63, 3.8) is 0 Å². The number of benzene rings is 2. The fraction of sp³-hybridized carbons (Fsp3) is 0.500. The topological polar surface area (TPSA) is 233 Å². The highest BCUT2D eigenvalue weighted by atomic mass is 32.2. The maximum Gasteiger partial charge on any atom is 0.425 e. The molecule has 4 rings (SSSR count). The molecular weight excluding hydrogens is 600 g/mol. The number of primary amides is 2. The van der Waals surface area contributed by atoms with Gasteiger partial charge in [-0.1, -0.05) is 71.8 Å². The Balaban J connectivity index is -0.000000449. The first-order valence-electron chi connectivity index (χ1n) is 13.5. The molecule has 2 aliphatic rings. The molecule has 2 aliphatic heterocycles. The van der Waals surface area contributed by atoms with Gasteiger partial charge >= 0.3 is 21.2 Å². The summed E-state index contributed by atoms with van der Waals surface area (Å²) in [5, 5.41) is 13.8. The monoisotopic (exact) mass is 646 g/mol. The van der Waals surface area contributed by atoms with Crippen molar-refractivity contribution in [1.29, 1.82) is 0 Å². The number of carbonyl (C=O) groups is 2. The Labute approximate surface area is 257 Å². The first kappa shape index (κ1) is 43.9. The molecule has 2 heterocycles. The van der Waals surface area contributed by atoms with Crippen LogP contribution in [0.2, 0.25) is 0 Å². The van der Waals surface area contributed by atoms with E-state index >= 15 is 0 Å². The minimum Gasteiger partial charge on any atom is -0.397 e. The van der Waals surface area contributed by atoms with Gasteiger partial charge in [-0.15, -0.1) is 25.3 Å². The number of aliphatic hydroxyl groups is 1. The molecule has 0 spiro atoms. The highest BCUT2D eigenvalue weighted by molar-refractivity contribution is 7.59. The Kier molecular flexibility index (Phi) is 32.1. The van der Waals surface area contributed by atoms with Gasteiger partial charge in [-0.05, 0) is 59.5 Å². The van der Waals surface area contributed by atoms with E-state index in [-0.39, 0.29) is 30.3 Å². The highest BCUT2D eigenvalue weighted by Gasteiger charge is 2.17. The quantitative estimate of drug-likeness (QED) is 0.308. The predicted molar refractivity (Wildman–Crippen MR) is 164 cm³/mol. The van der Waals surface area contributed by atoms with Crippen LogP contribution >= 0.6 is 0 Å². The van der Waals surface area contributed by atoms with Crippen LogP contribution in [-0.4, -0.2) is 75.0 Å². The summed E-state index contributed by atoms with van der Waals surface area (Å²) in [5.74, 6) is -0.165. The van der Waals surface area contributed by atoms with Crippen molar-refractivity contribution in [3.05, 3.63) is 71.8 Å². The number of aliphatic hydroxyl groups excluding tert-OH is 1. The third-order valence-electron chi connectivity index (χ3n) is 5.28. The zero-order chi connectivity index (χ0) is 33.5. The van der Waals surface area contributed by atoms with Gasteiger partial charge in [0.1, 0.15) is 0 Å². The van der Waals surface area contributed by atoms with E-state index in [1.165, 1.54) is 11.1 Å². The van der Waals surface area contributed by atoms with Crippen LogP contribution in [0.4, 0.5) is 0 Å². The summed E-state index contributed by atoms with van der Waals surface area (Å²) in [6.07, 6.45) is 4.08. The minimum absolute atomic E-state index is 0.0822. The highest BCUT2D eigenvalue weighted by Crippen LogP contribution is 2.08. The van der Waals surface area contributed by atoms with Crippen LogP contribution in [-0.2, 0) is 30.8 Å². The summed E-state index contributed by atoms with van der Waals surface area (Å²) in [4.78, 5) is 21.1. The Morgan fingerprint density at radius 2 is 0.953 bits per heavy atom. The van der Waals surface area contributed by atoms with Crippen molar-refractivity contribution in [2.45, 2.75) is 46.5 Å². The number of amides is 2. The van der Waals surface area contributed by atoms with E-state index in [2.05, 4.69) is 48.7 Å². The number of rotatable bonds is 2. The van der Waals surface area contributed by atoms with E-state index in [4.69, 9.17) is 41.8 Å². The molecule has 0 unspecified atom stereocenters. The molecule has 15 heteroatoms. The lowest BCUT2D eigenvalue weighted by atomic mass is 9.99. The summed E-state index contributed by atoms with van der Waals surface area (Å²) in [6, 6.07) is 20.5. The van der Waals surface area contributed by atoms with E-state index in [0.717, 1.165) is 51.9 Å². The van der Waals surface area contributed by atoms with E-state index < -0.39 is 21.2 Å². The first-order chi connectivity index (χ1) is 20.3. The van der Waals surface area contributed by atoms with Crippen LogP contribution in [0, 0.1) is 25.7 Å². The van der Waals surface area contributed by atoms with Crippen molar-refractivity contribution < 1.29 is 39.9 Å². The van der Waals surface area contributed by atoms with Crippen molar-refractivity contribution >= 4 is 33.0 Å². The standard InChI is InChI=1S/2C7H8.2C6H12N2O.C2H6O.2O3S/c2*1-7-5-3-2-4-6-7;2*7-6(9)5-2-1-3-8-4-5;1-2-3;2*1-4(2)3/h2*2-6H,1H3;2*5,8H,1-4H2,(H2,7,9);3H,2H2,1H3;;/t;;2*5-;;;/m..11.../s1. The molecule has 244 valence electrons. The number of hydrogen-bond acceptors (Lipinski definition) is 11. The molecule has 0 bridgehead atoms. The van der Waals surface area contributed by atoms with E-state index in [1.807, 2.05) is 36.4 Å². The average Bonchev–Trinajstić information content (AvgIpc) is 2.96. The molecule has 7 N–H and O–H groups in total.